The third kappa shape index (κ3) is 7.67. The molecular weight excluding hydrogens is 635 g/mol. The summed E-state index contributed by atoms with van der Waals surface area (Å²) in [6, 6.07) is 7.40. The van der Waals surface area contributed by atoms with Crippen molar-refractivity contribution in [3.05, 3.63) is 53.0 Å². The van der Waals surface area contributed by atoms with Gasteiger partial charge in [0.25, 0.3) is 5.91 Å². The number of morpholine rings is 2. The van der Waals surface area contributed by atoms with Crippen LogP contribution in [0.2, 0.25) is 0 Å². The van der Waals surface area contributed by atoms with Gasteiger partial charge in [-0.3, -0.25) is 19.4 Å². The summed E-state index contributed by atoms with van der Waals surface area (Å²) in [5.41, 5.74) is 2.11. The number of fused-ring (bicyclic) bond motifs is 1. The predicted molar refractivity (Wildman–Crippen MR) is 179 cm³/mol. The third-order valence-corrected chi connectivity index (χ3v) is 10.1. The van der Waals surface area contributed by atoms with E-state index in [0.717, 1.165) is 5.56 Å². The zero-order valence-corrected chi connectivity index (χ0v) is 28.7. The zero-order chi connectivity index (χ0) is 34.8. The van der Waals surface area contributed by atoms with Crippen molar-refractivity contribution in [1.82, 2.24) is 24.6 Å². The summed E-state index contributed by atoms with van der Waals surface area (Å²) in [6.07, 6.45) is -0.667. The highest BCUT2D eigenvalue weighted by molar-refractivity contribution is 5.99. The molecule has 5 heterocycles. The van der Waals surface area contributed by atoms with E-state index < -0.39 is 6.09 Å². The van der Waals surface area contributed by atoms with E-state index in [-0.39, 0.29) is 79.1 Å². The van der Waals surface area contributed by atoms with Crippen LogP contribution in [0.3, 0.4) is 0 Å². The average molecular weight is 683 g/mol. The molecule has 1 aromatic carbocycles. The molecule has 3 amide bonds. The van der Waals surface area contributed by atoms with Gasteiger partial charge in [0.2, 0.25) is 11.8 Å². The second-order valence-corrected chi connectivity index (χ2v) is 13.8. The first-order valence-corrected chi connectivity index (χ1v) is 17.2. The Balaban J connectivity index is 1.30. The molecule has 4 aliphatic heterocycles. The number of carbonyl (C=O) groups is 3. The lowest BCUT2D eigenvalue weighted by atomic mass is 10.0. The molecule has 0 aliphatic carbocycles. The number of amides is 3. The smallest absolute Gasteiger partial charge is 0.407 e. The van der Waals surface area contributed by atoms with Crippen LogP contribution in [-0.4, -0.2) is 150 Å². The topological polar surface area (TPSA) is 128 Å². The second kappa shape index (κ2) is 15.0. The number of anilines is 1. The maximum atomic E-state index is 14.4. The molecule has 14 heteroatoms. The Morgan fingerprint density at radius 1 is 0.918 bits per heavy atom. The van der Waals surface area contributed by atoms with E-state index in [4.69, 9.17) is 19.2 Å². The lowest BCUT2D eigenvalue weighted by molar-refractivity contribution is -0.122. The van der Waals surface area contributed by atoms with Gasteiger partial charge in [-0.05, 0) is 63.4 Å². The molecule has 1 N–H and O–H groups in total. The molecule has 6 rings (SSSR count). The number of rotatable bonds is 7. The summed E-state index contributed by atoms with van der Waals surface area (Å²) in [5, 5.41) is 9.97. The Morgan fingerprint density at radius 3 is 2.29 bits per heavy atom. The van der Waals surface area contributed by atoms with Crippen molar-refractivity contribution in [2.24, 2.45) is 0 Å². The maximum absolute atomic E-state index is 14.4. The van der Waals surface area contributed by atoms with Crippen molar-refractivity contribution in [3.8, 4) is 5.88 Å². The summed E-state index contributed by atoms with van der Waals surface area (Å²) in [5.74, 6) is -0.557. The molecule has 0 radical (unpaired) electrons. The summed E-state index contributed by atoms with van der Waals surface area (Å²) in [4.78, 5) is 54.4. The number of nitrogens with zero attached hydrogens (tertiary/aromatic N) is 6. The van der Waals surface area contributed by atoms with Crippen LogP contribution in [0.4, 0.5) is 14.9 Å². The monoisotopic (exact) mass is 682 g/mol. The zero-order valence-electron chi connectivity index (χ0n) is 28.7. The number of aromatic nitrogens is 1. The van der Waals surface area contributed by atoms with E-state index in [2.05, 4.69) is 23.6 Å². The molecule has 13 nitrogen and oxygen atoms in total. The Kier molecular flexibility index (Phi) is 10.7. The number of hydrogen-bond donors (Lipinski definition) is 1. The molecule has 49 heavy (non-hydrogen) atoms. The molecule has 0 unspecified atom stereocenters. The third-order valence-electron chi connectivity index (χ3n) is 10.1. The number of pyridine rings is 1. The van der Waals surface area contributed by atoms with Gasteiger partial charge in [-0.1, -0.05) is 12.1 Å². The van der Waals surface area contributed by atoms with E-state index >= 15 is 0 Å². The van der Waals surface area contributed by atoms with Crippen LogP contribution >= 0.6 is 0 Å². The molecule has 0 saturated carbocycles. The minimum atomic E-state index is -0.968. The molecule has 3 saturated heterocycles. The normalized spacial score (nSPS) is 26.6. The van der Waals surface area contributed by atoms with Crippen LogP contribution < -0.4 is 9.64 Å². The minimum Gasteiger partial charge on any atom is -0.474 e. The Morgan fingerprint density at radius 2 is 1.61 bits per heavy atom. The van der Waals surface area contributed by atoms with Crippen LogP contribution in [-0.2, 0) is 20.7 Å². The minimum absolute atomic E-state index is 0.0705. The highest BCUT2D eigenvalue weighted by Crippen LogP contribution is 2.36. The van der Waals surface area contributed by atoms with Crippen molar-refractivity contribution in [2.45, 2.75) is 64.3 Å². The molecule has 266 valence electrons. The van der Waals surface area contributed by atoms with Gasteiger partial charge in [0.15, 0.2) is 0 Å². The number of ether oxygens (including phenoxy) is 3. The highest BCUT2D eigenvalue weighted by Gasteiger charge is 2.40. The van der Waals surface area contributed by atoms with Crippen molar-refractivity contribution in [3.63, 3.8) is 0 Å². The van der Waals surface area contributed by atoms with Crippen LogP contribution in [0.15, 0.2) is 30.3 Å². The first-order chi connectivity index (χ1) is 23.5. The van der Waals surface area contributed by atoms with E-state index in [1.165, 1.54) is 17.0 Å². The lowest BCUT2D eigenvalue weighted by Crippen LogP contribution is -2.65. The molecule has 4 aliphatic rings. The first-order valence-electron chi connectivity index (χ1n) is 17.2. The van der Waals surface area contributed by atoms with Crippen molar-refractivity contribution in [2.75, 3.05) is 77.2 Å². The average Bonchev–Trinajstić information content (AvgIpc) is 3.08. The molecule has 0 spiro atoms. The number of piperazine rings is 1. The quantitative estimate of drug-likeness (QED) is 0.466. The second-order valence-electron chi connectivity index (χ2n) is 13.8. The van der Waals surface area contributed by atoms with Gasteiger partial charge in [0, 0.05) is 56.9 Å². The molecule has 0 bridgehead atoms. The number of carbonyl (C=O) groups excluding carboxylic acids is 2. The summed E-state index contributed by atoms with van der Waals surface area (Å²) < 4.78 is 31.0. The van der Waals surface area contributed by atoms with Crippen molar-refractivity contribution >= 4 is 23.6 Å². The van der Waals surface area contributed by atoms with Crippen LogP contribution in [0.5, 0.6) is 5.88 Å². The fourth-order valence-corrected chi connectivity index (χ4v) is 7.39. The number of carboxylic acid groups (broad SMARTS) is 1. The summed E-state index contributed by atoms with van der Waals surface area (Å²) in [7, 11) is 0. The molecule has 5 atom stereocenters. The van der Waals surface area contributed by atoms with Crippen molar-refractivity contribution in [1.29, 1.82) is 0 Å². The van der Waals surface area contributed by atoms with Gasteiger partial charge in [0.1, 0.15) is 23.8 Å². The Hall–Kier alpha value is -3.85. The SMILES string of the molecule is C[C@@H]1CN(CC(=O)N2c3cc(Cc4ccc(F)cc4)c(C(=O)N4CCOCC4)nc3OC[C@@H]2C)[C@@H](CN2[C@H](C)COC[C@H]2C)CN1C(=O)O. The summed E-state index contributed by atoms with van der Waals surface area (Å²) in [6.45, 7) is 12.5. The van der Waals surface area contributed by atoms with Crippen LogP contribution in [0.1, 0.15) is 49.3 Å². The predicted octanol–water partition coefficient (Wildman–Crippen LogP) is 2.56. The van der Waals surface area contributed by atoms with Crippen molar-refractivity contribution < 1.29 is 38.1 Å². The fourth-order valence-electron chi connectivity index (χ4n) is 7.39. The standard InChI is InChI=1S/C35H47FN6O7/c1-22-15-39(29(17-41(22)35(45)46)16-40-23(2)19-48-20-24(40)3)18-31(43)42-25(4)21-49-33-30(42)14-27(13-26-5-7-28(36)8-6-26)32(37-33)34(44)38-9-11-47-12-10-38/h5-8,14,22-25,29H,9-13,15-21H2,1-4H3,(H,45,46)/t22-,23-,24-,25+,29+/m1/s1. The van der Waals surface area contributed by atoms with Gasteiger partial charge in [0.05, 0.1) is 39.0 Å². The Labute approximate surface area is 286 Å². The van der Waals surface area contributed by atoms with Gasteiger partial charge < -0.3 is 34.0 Å². The van der Waals surface area contributed by atoms with Crippen LogP contribution in [0.25, 0.3) is 0 Å². The van der Waals surface area contributed by atoms with E-state index in [0.29, 0.717) is 70.3 Å². The number of benzene rings is 1. The van der Waals surface area contributed by atoms with E-state index in [1.807, 2.05) is 19.9 Å². The van der Waals surface area contributed by atoms with E-state index in [9.17, 15) is 23.9 Å². The van der Waals surface area contributed by atoms with Gasteiger partial charge >= 0.3 is 6.09 Å². The summed E-state index contributed by atoms with van der Waals surface area (Å²) >= 11 is 0. The van der Waals surface area contributed by atoms with Gasteiger partial charge in [-0.25, -0.2) is 14.2 Å². The lowest BCUT2D eigenvalue weighted by Gasteiger charge is -2.48. The number of halogens is 1. The molecule has 1 aromatic heterocycles. The molecule has 3 fully saturated rings. The fraction of sp³-hybridized carbons (Fsp3) is 0.600. The molecular formula is C35H47FN6O7. The number of hydrogen-bond acceptors (Lipinski definition) is 9. The van der Waals surface area contributed by atoms with Crippen LogP contribution in [0, 0.1) is 5.82 Å². The van der Waals surface area contributed by atoms with Gasteiger partial charge in [-0.15, -0.1) is 0 Å². The first kappa shape index (κ1) is 35.0. The largest absolute Gasteiger partial charge is 0.474 e. The van der Waals surface area contributed by atoms with Gasteiger partial charge in [-0.2, -0.15) is 0 Å². The Bertz CT molecular complexity index is 1510. The van der Waals surface area contributed by atoms with E-state index in [1.54, 1.807) is 21.9 Å². The highest BCUT2D eigenvalue weighted by atomic mass is 19.1. The maximum Gasteiger partial charge on any atom is 0.407 e. The molecule has 2 aromatic rings.